The molecule has 6 heteroatoms. The van der Waals surface area contributed by atoms with Crippen LogP contribution < -0.4 is 0 Å². The molecular weight excluding hydrogens is 290 g/mol. The molecule has 0 bridgehead atoms. The van der Waals surface area contributed by atoms with E-state index in [2.05, 4.69) is 0 Å². The van der Waals surface area contributed by atoms with Gasteiger partial charge in [-0.1, -0.05) is 24.3 Å². The quantitative estimate of drug-likeness (QED) is 0.890. The number of nitrogens with zero attached hydrogens (tertiary/aromatic N) is 1. The summed E-state index contributed by atoms with van der Waals surface area (Å²) in [6.45, 7) is 0.679. The minimum absolute atomic E-state index is 0.0444. The van der Waals surface area contributed by atoms with Gasteiger partial charge in [0.05, 0.1) is 11.5 Å². The fraction of sp³-hybridized carbons (Fsp3) is 0.533. The lowest BCUT2D eigenvalue weighted by Gasteiger charge is -2.41. The Morgan fingerprint density at radius 2 is 1.86 bits per heavy atom. The molecule has 1 fully saturated rings. The van der Waals surface area contributed by atoms with Crippen molar-refractivity contribution in [2.24, 2.45) is 0 Å². The molecule has 1 aromatic carbocycles. The molecule has 0 radical (unpaired) electrons. The van der Waals surface area contributed by atoms with Gasteiger partial charge in [0.2, 0.25) is 0 Å². The van der Waals surface area contributed by atoms with Crippen molar-refractivity contribution in [2.75, 3.05) is 18.1 Å². The van der Waals surface area contributed by atoms with Crippen LogP contribution in [0.5, 0.6) is 0 Å². The predicted octanol–water partition coefficient (Wildman–Crippen LogP) is 1.25. The molecule has 5 nitrogen and oxygen atoms in total. The van der Waals surface area contributed by atoms with Crippen LogP contribution in [0.3, 0.4) is 0 Å². The molecule has 2 aliphatic heterocycles. The average molecular weight is 309 g/mol. The third-order valence-corrected chi connectivity index (χ3v) is 6.26. The average Bonchev–Trinajstić information content (AvgIpc) is 2.46. The molecule has 2 heterocycles. The molecule has 0 amide bonds. The molecule has 0 spiro atoms. The topological polar surface area (TPSA) is 74.7 Å². The summed E-state index contributed by atoms with van der Waals surface area (Å²) >= 11 is 0. The number of carboxylic acids is 1. The predicted molar refractivity (Wildman–Crippen MR) is 78.9 cm³/mol. The fourth-order valence-electron chi connectivity index (χ4n) is 3.46. The smallest absolute Gasteiger partial charge is 0.325 e. The van der Waals surface area contributed by atoms with Gasteiger partial charge in [-0.2, -0.15) is 0 Å². The van der Waals surface area contributed by atoms with Crippen LogP contribution in [0.15, 0.2) is 24.3 Å². The van der Waals surface area contributed by atoms with E-state index in [9.17, 15) is 18.3 Å². The molecule has 0 aromatic heterocycles. The summed E-state index contributed by atoms with van der Waals surface area (Å²) in [7, 11) is -2.93. The lowest BCUT2D eigenvalue weighted by Crippen LogP contribution is -2.48. The van der Waals surface area contributed by atoms with E-state index < -0.39 is 21.8 Å². The number of aliphatic carboxylic acids is 1. The maximum Gasteiger partial charge on any atom is 0.325 e. The number of hydrogen-bond acceptors (Lipinski definition) is 4. The first-order valence-corrected chi connectivity index (χ1v) is 9.07. The highest BCUT2D eigenvalue weighted by Crippen LogP contribution is 2.34. The number of carboxylic acid groups (broad SMARTS) is 1. The van der Waals surface area contributed by atoms with Gasteiger partial charge in [0.15, 0.2) is 0 Å². The zero-order chi connectivity index (χ0) is 15.0. The van der Waals surface area contributed by atoms with Gasteiger partial charge in [0, 0.05) is 12.6 Å². The molecule has 1 unspecified atom stereocenters. The van der Waals surface area contributed by atoms with Crippen molar-refractivity contribution >= 4 is 15.8 Å². The molecular formula is C15H19NO4S. The maximum atomic E-state index is 11.7. The van der Waals surface area contributed by atoms with Crippen molar-refractivity contribution in [3.8, 4) is 0 Å². The Bertz CT molecular complexity index is 641. The Morgan fingerprint density at radius 1 is 1.19 bits per heavy atom. The van der Waals surface area contributed by atoms with Gasteiger partial charge in [-0.15, -0.1) is 0 Å². The Balaban J connectivity index is 1.88. The van der Waals surface area contributed by atoms with Crippen molar-refractivity contribution in [1.29, 1.82) is 0 Å². The number of rotatable bonds is 2. The first kappa shape index (κ1) is 14.5. The minimum Gasteiger partial charge on any atom is -0.480 e. The highest BCUT2D eigenvalue weighted by Gasteiger charge is 2.38. The summed E-state index contributed by atoms with van der Waals surface area (Å²) in [6.07, 6.45) is 1.89. The molecule has 0 aliphatic carbocycles. The Labute approximate surface area is 124 Å². The van der Waals surface area contributed by atoms with E-state index in [0.717, 1.165) is 17.5 Å². The van der Waals surface area contributed by atoms with Gasteiger partial charge >= 0.3 is 5.97 Å². The van der Waals surface area contributed by atoms with E-state index in [-0.39, 0.29) is 17.5 Å². The zero-order valence-corrected chi connectivity index (χ0v) is 12.6. The standard InChI is InChI=1S/C15H19NO4S/c17-15(18)14-13-4-2-1-3-11(13)5-8-16(14)12-6-9-21(19,20)10-7-12/h1-4,12,14H,5-10H2,(H,17,18). The van der Waals surface area contributed by atoms with Crippen LogP contribution in [0.25, 0.3) is 0 Å². The molecule has 1 atom stereocenters. The minimum atomic E-state index is -2.93. The second-order valence-corrected chi connectivity index (χ2v) is 8.11. The first-order chi connectivity index (χ1) is 9.98. The zero-order valence-electron chi connectivity index (χ0n) is 11.7. The number of benzene rings is 1. The van der Waals surface area contributed by atoms with Crippen molar-refractivity contribution < 1.29 is 18.3 Å². The third-order valence-electron chi connectivity index (χ3n) is 4.55. The Hall–Kier alpha value is -1.40. The summed E-state index contributed by atoms with van der Waals surface area (Å²) < 4.78 is 23.1. The highest BCUT2D eigenvalue weighted by molar-refractivity contribution is 7.91. The van der Waals surface area contributed by atoms with E-state index in [4.69, 9.17) is 0 Å². The second kappa shape index (κ2) is 5.42. The van der Waals surface area contributed by atoms with Crippen LogP contribution in [0.2, 0.25) is 0 Å². The van der Waals surface area contributed by atoms with Crippen molar-refractivity contribution in [1.82, 2.24) is 4.90 Å². The monoisotopic (exact) mass is 309 g/mol. The largest absolute Gasteiger partial charge is 0.480 e. The summed E-state index contributed by atoms with van der Waals surface area (Å²) in [4.78, 5) is 13.7. The Morgan fingerprint density at radius 3 is 2.52 bits per heavy atom. The molecule has 2 aliphatic rings. The maximum absolute atomic E-state index is 11.7. The number of sulfone groups is 1. The van der Waals surface area contributed by atoms with Gasteiger partial charge in [0.25, 0.3) is 0 Å². The van der Waals surface area contributed by atoms with E-state index in [1.807, 2.05) is 29.2 Å². The molecule has 1 saturated heterocycles. The van der Waals surface area contributed by atoms with Crippen LogP contribution in [-0.2, 0) is 21.1 Å². The van der Waals surface area contributed by atoms with Crippen LogP contribution in [0.4, 0.5) is 0 Å². The molecule has 1 N–H and O–H groups in total. The van der Waals surface area contributed by atoms with Crippen LogP contribution in [0.1, 0.15) is 30.0 Å². The van der Waals surface area contributed by atoms with Crippen LogP contribution in [0, 0.1) is 0 Å². The molecule has 0 saturated carbocycles. The summed E-state index contributed by atoms with van der Waals surface area (Å²) in [5.41, 5.74) is 1.94. The van der Waals surface area contributed by atoms with Gasteiger partial charge in [-0.05, 0) is 30.4 Å². The van der Waals surface area contributed by atoms with Gasteiger partial charge < -0.3 is 5.11 Å². The van der Waals surface area contributed by atoms with E-state index in [1.54, 1.807) is 0 Å². The van der Waals surface area contributed by atoms with Gasteiger partial charge in [-0.25, -0.2) is 8.42 Å². The van der Waals surface area contributed by atoms with Crippen molar-refractivity contribution in [3.63, 3.8) is 0 Å². The van der Waals surface area contributed by atoms with Crippen molar-refractivity contribution in [3.05, 3.63) is 35.4 Å². The van der Waals surface area contributed by atoms with Gasteiger partial charge in [0.1, 0.15) is 15.9 Å². The van der Waals surface area contributed by atoms with Crippen LogP contribution >= 0.6 is 0 Å². The van der Waals surface area contributed by atoms with Crippen molar-refractivity contribution in [2.45, 2.75) is 31.3 Å². The molecule has 114 valence electrons. The third kappa shape index (κ3) is 2.82. The van der Waals surface area contributed by atoms with E-state index in [1.165, 1.54) is 0 Å². The highest BCUT2D eigenvalue weighted by atomic mass is 32.2. The first-order valence-electron chi connectivity index (χ1n) is 7.25. The molecule has 1 aromatic rings. The van der Waals surface area contributed by atoms with E-state index >= 15 is 0 Å². The van der Waals surface area contributed by atoms with Crippen LogP contribution in [-0.4, -0.2) is 48.5 Å². The second-order valence-electron chi connectivity index (χ2n) is 5.81. The lowest BCUT2D eigenvalue weighted by atomic mass is 9.90. The number of fused-ring (bicyclic) bond motifs is 1. The number of carbonyl (C=O) groups is 1. The Kier molecular flexibility index (Phi) is 3.75. The SMILES string of the molecule is O=C(O)C1c2ccccc2CCN1C1CCS(=O)(=O)CC1. The molecule has 3 rings (SSSR count). The van der Waals surface area contributed by atoms with E-state index in [0.29, 0.717) is 19.4 Å². The summed E-state index contributed by atoms with van der Waals surface area (Å²) in [5.74, 6) is -0.514. The summed E-state index contributed by atoms with van der Waals surface area (Å²) in [5, 5.41) is 9.63. The molecule has 21 heavy (non-hydrogen) atoms. The number of hydrogen-bond donors (Lipinski definition) is 1. The fourth-order valence-corrected chi connectivity index (χ4v) is 4.93. The normalized spacial score (nSPS) is 26.2. The summed E-state index contributed by atoms with van der Waals surface area (Å²) in [6, 6.07) is 7.04. The van der Waals surface area contributed by atoms with Gasteiger partial charge in [-0.3, -0.25) is 9.69 Å². The lowest BCUT2D eigenvalue weighted by molar-refractivity contribution is -0.145.